The molecule has 6 heteroatoms. The van der Waals surface area contributed by atoms with E-state index in [1.54, 1.807) is 0 Å². The lowest BCUT2D eigenvalue weighted by Crippen LogP contribution is -2.06. The number of hydrogen-bond acceptors (Lipinski definition) is 2. The molecule has 0 atom stereocenters. The van der Waals surface area contributed by atoms with Crippen LogP contribution in [0, 0.1) is 0 Å². The Morgan fingerprint density at radius 3 is 2.46 bits per heavy atom. The van der Waals surface area contributed by atoms with Crippen molar-refractivity contribution in [2.24, 2.45) is 0 Å². The molecule has 2 nitrogen and oxygen atoms in total. The first-order valence-electron chi connectivity index (χ1n) is 4.01. The third kappa shape index (κ3) is 10.6. The van der Waals surface area contributed by atoms with Gasteiger partial charge in [-0.3, -0.25) is 4.79 Å². The number of halogens is 3. The molecule has 0 aliphatic rings. The van der Waals surface area contributed by atoms with Gasteiger partial charge in [0.05, 0.1) is 6.61 Å². The Labute approximate surface area is 93.7 Å². The van der Waals surface area contributed by atoms with Gasteiger partial charge in [-0.05, 0) is 52.6 Å². The third-order valence-electron chi connectivity index (χ3n) is 1.24. The number of carbonyl (C=O) groups is 1. The Bertz CT molecular complexity index is 158. The fourth-order valence-electron chi connectivity index (χ4n) is 0.685. The van der Waals surface area contributed by atoms with Crippen molar-refractivity contribution in [3.05, 3.63) is 0 Å². The zero-order valence-corrected chi connectivity index (χ0v) is 10.5. The van der Waals surface area contributed by atoms with Gasteiger partial charge in [0.15, 0.2) is 0 Å². The highest BCUT2D eigenvalue weighted by Gasteiger charge is 2.12. The molecule has 13 heavy (non-hydrogen) atoms. The van der Waals surface area contributed by atoms with E-state index in [1.807, 2.05) is 6.92 Å². The standard InChI is InChI=1S/C7H13Cl3O2S/c1-2-4-7(11)12-5-3-6-13(8,9)10/h2-6H2,1H3. The number of carbonyl (C=O) groups excluding carboxylic acids is 1. The van der Waals surface area contributed by atoms with Crippen LogP contribution in [-0.2, 0) is 9.53 Å². The molecule has 0 unspecified atom stereocenters. The van der Waals surface area contributed by atoms with Crippen LogP contribution in [-0.4, -0.2) is 18.3 Å². The third-order valence-corrected chi connectivity index (χ3v) is 3.38. The van der Waals surface area contributed by atoms with E-state index in [9.17, 15) is 4.79 Å². The Hall–Kier alpha value is 0.690. The van der Waals surface area contributed by atoms with E-state index in [0.717, 1.165) is 6.42 Å². The van der Waals surface area contributed by atoms with Crippen LogP contribution in [0.1, 0.15) is 26.2 Å². The van der Waals surface area contributed by atoms with Crippen LogP contribution in [0.4, 0.5) is 0 Å². The minimum atomic E-state index is -2.01. The summed E-state index contributed by atoms with van der Waals surface area (Å²) in [6.45, 7) is 2.27. The van der Waals surface area contributed by atoms with Gasteiger partial charge in [0, 0.05) is 12.2 Å². The zero-order chi connectivity index (χ0) is 10.3. The summed E-state index contributed by atoms with van der Waals surface area (Å²) >= 11 is 0. The maximum atomic E-state index is 10.9. The second-order valence-corrected chi connectivity index (χ2v) is 10.1. The second kappa shape index (κ2) is 7.04. The quantitative estimate of drug-likeness (QED) is 0.537. The normalized spacial score (nSPS) is 12.6. The molecular weight excluding hydrogens is 255 g/mol. The highest BCUT2D eigenvalue weighted by atomic mass is 36.2. The smallest absolute Gasteiger partial charge is 0.305 e. The summed E-state index contributed by atoms with van der Waals surface area (Å²) < 4.78 is 4.88. The van der Waals surface area contributed by atoms with Gasteiger partial charge in [0.25, 0.3) is 0 Å². The first kappa shape index (κ1) is 13.7. The molecule has 0 radical (unpaired) electrons. The molecule has 80 valence electrons. The summed E-state index contributed by atoms with van der Waals surface area (Å²) in [5.74, 6) is 0.304. The molecule has 0 aromatic heterocycles. The molecule has 0 heterocycles. The highest BCUT2D eigenvalue weighted by molar-refractivity contribution is 8.79. The van der Waals surface area contributed by atoms with Gasteiger partial charge in [0.1, 0.15) is 0 Å². The molecule has 0 amide bonds. The molecule has 0 spiro atoms. The van der Waals surface area contributed by atoms with Gasteiger partial charge in [-0.15, -0.1) is 0 Å². The predicted octanol–water partition coefficient (Wildman–Crippen LogP) is 3.99. The minimum Gasteiger partial charge on any atom is -0.466 e. The second-order valence-electron chi connectivity index (χ2n) is 2.53. The lowest BCUT2D eigenvalue weighted by Gasteiger charge is -2.14. The molecule has 0 aromatic rings. The lowest BCUT2D eigenvalue weighted by atomic mass is 10.3. The molecule has 0 N–H and O–H groups in total. The number of rotatable bonds is 6. The van der Waals surface area contributed by atoms with E-state index in [-0.39, 0.29) is 5.97 Å². The molecule has 0 saturated carbocycles. The predicted molar refractivity (Wildman–Crippen MR) is 60.5 cm³/mol. The van der Waals surface area contributed by atoms with E-state index in [4.69, 9.17) is 36.8 Å². The molecule has 0 aliphatic carbocycles. The van der Waals surface area contributed by atoms with Crippen molar-refractivity contribution >= 4 is 45.7 Å². The number of ether oxygens (including phenoxy) is 1. The molecule has 0 rings (SSSR count). The van der Waals surface area contributed by atoms with Crippen LogP contribution >= 0.6 is 39.7 Å². The summed E-state index contributed by atoms with van der Waals surface area (Å²) in [5, 5.41) is 0. The maximum absolute atomic E-state index is 10.9. The van der Waals surface area contributed by atoms with Crippen LogP contribution in [0.3, 0.4) is 0 Å². The van der Waals surface area contributed by atoms with Crippen LogP contribution in [0.15, 0.2) is 0 Å². The molecule has 0 aromatic carbocycles. The zero-order valence-electron chi connectivity index (χ0n) is 7.39. The van der Waals surface area contributed by atoms with Crippen LogP contribution in [0.5, 0.6) is 0 Å². The van der Waals surface area contributed by atoms with Crippen molar-refractivity contribution in [3.63, 3.8) is 0 Å². The molecule has 0 bridgehead atoms. The number of hydrogen-bond donors (Lipinski definition) is 0. The monoisotopic (exact) mass is 266 g/mol. The Balaban J connectivity index is 3.31. The van der Waals surface area contributed by atoms with Gasteiger partial charge in [-0.2, -0.15) is 0 Å². The minimum absolute atomic E-state index is 0.179. The lowest BCUT2D eigenvalue weighted by molar-refractivity contribution is -0.143. The SMILES string of the molecule is CCCC(=O)OCCCS(Cl)(Cl)Cl. The van der Waals surface area contributed by atoms with Gasteiger partial charge < -0.3 is 4.74 Å². The average Bonchev–Trinajstić information content (AvgIpc) is 1.97. The fourth-order valence-corrected chi connectivity index (χ4v) is 2.11. The molecule has 0 fully saturated rings. The summed E-state index contributed by atoms with van der Waals surface area (Å²) in [4.78, 5) is 10.9. The van der Waals surface area contributed by atoms with Crippen LogP contribution < -0.4 is 0 Å². The van der Waals surface area contributed by atoms with E-state index in [0.29, 0.717) is 25.2 Å². The fraction of sp³-hybridized carbons (Fsp3) is 0.857. The number of esters is 1. The largest absolute Gasteiger partial charge is 0.466 e. The van der Waals surface area contributed by atoms with Crippen LogP contribution in [0.25, 0.3) is 0 Å². The molecule has 0 aliphatic heterocycles. The highest BCUT2D eigenvalue weighted by Crippen LogP contribution is 2.63. The van der Waals surface area contributed by atoms with Crippen molar-refractivity contribution in [1.29, 1.82) is 0 Å². The summed E-state index contributed by atoms with van der Waals surface area (Å²) in [5.41, 5.74) is 0. The average molecular weight is 268 g/mol. The maximum Gasteiger partial charge on any atom is 0.305 e. The van der Waals surface area contributed by atoms with Crippen molar-refractivity contribution in [1.82, 2.24) is 0 Å². The first-order chi connectivity index (χ1) is 5.95. The van der Waals surface area contributed by atoms with E-state index < -0.39 is 7.67 Å². The van der Waals surface area contributed by atoms with Crippen molar-refractivity contribution in [2.45, 2.75) is 26.2 Å². The van der Waals surface area contributed by atoms with E-state index >= 15 is 0 Å². The Morgan fingerprint density at radius 2 is 2.00 bits per heavy atom. The summed E-state index contributed by atoms with van der Waals surface area (Å²) in [6.07, 6.45) is 1.87. The topological polar surface area (TPSA) is 26.3 Å². The Kier molecular flexibility index (Phi) is 7.42. The van der Waals surface area contributed by atoms with Gasteiger partial charge in [-0.1, -0.05) is 6.92 Å². The summed E-state index contributed by atoms with van der Waals surface area (Å²) in [6, 6.07) is 0. The van der Waals surface area contributed by atoms with Gasteiger partial charge in [-0.25, -0.2) is 0 Å². The summed E-state index contributed by atoms with van der Waals surface area (Å²) in [7, 11) is 14.7. The van der Waals surface area contributed by atoms with Crippen molar-refractivity contribution < 1.29 is 9.53 Å². The van der Waals surface area contributed by atoms with E-state index in [1.165, 1.54) is 0 Å². The van der Waals surface area contributed by atoms with Crippen molar-refractivity contribution in [3.8, 4) is 0 Å². The van der Waals surface area contributed by atoms with E-state index in [2.05, 4.69) is 0 Å². The molecule has 0 saturated heterocycles. The van der Waals surface area contributed by atoms with Gasteiger partial charge >= 0.3 is 5.97 Å². The van der Waals surface area contributed by atoms with Crippen LogP contribution in [0.2, 0.25) is 0 Å². The molecular formula is C7H13Cl3O2S. The Morgan fingerprint density at radius 1 is 1.38 bits per heavy atom. The van der Waals surface area contributed by atoms with Crippen molar-refractivity contribution in [2.75, 3.05) is 12.4 Å². The van der Waals surface area contributed by atoms with Gasteiger partial charge in [0.2, 0.25) is 0 Å². The first-order valence-corrected chi connectivity index (χ1v) is 8.29.